The zero-order valence-electron chi connectivity index (χ0n) is 10.9. The van der Waals surface area contributed by atoms with Crippen molar-refractivity contribution in [2.24, 2.45) is 5.92 Å². The van der Waals surface area contributed by atoms with E-state index in [4.69, 9.17) is 0 Å². The largest absolute Gasteiger partial charge is 0.314 e. The standard InChI is InChI=1S/C14H23N3S/c1-2-5-14(17-9-11-8-15-10-18-11)12(4-1)13-6-3-7-16-13/h8,10,12-14,16-17H,1-7,9H2. The topological polar surface area (TPSA) is 37.0 Å². The van der Waals surface area contributed by atoms with Crippen LogP contribution in [-0.4, -0.2) is 23.6 Å². The van der Waals surface area contributed by atoms with Gasteiger partial charge >= 0.3 is 0 Å². The highest BCUT2D eigenvalue weighted by molar-refractivity contribution is 7.09. The first-order valence-corrected chi connectivity index (χ1v) is 8.15. The van der Waals surface area contributed by atoms with Crippen molar-refractivity contribution in [2.75, 3.05) is 6.54 Å². The van der Waals surface area contributed by atoms with Gasteiger partial charge in [-0.05, 0) is 38.1 Å². The Hall–Kier alpha value is -0.450. The van der Waals surface area contributed by atoms with Crippen LogP contribution in [0, 0.1) is 5.92 Å². The first-order valence-electron chi connectivity index (χ1n) is 7.27. The summed E-state index contributed by atoms with van der Waals surface area (Å²) in [6.45, 7) is 2.22. The molecule has 0 radical (unpaired) electrons. The number of hydrogen-bond donors (Lipinski definition) is 2. The van der Waals surface area contributed by atoms with Crippen LogP contribution in [0.25, 0.3) is 0 Å². The van der Waals surface area contributed by atoms with Crippen molar-refractivity contribution in [1.82, 2.24) is 15.6 Å². The minimum Gasteiger partial charge on any atom is -0.314 e. The molecular weight excluding hydrogens is 242 g/mol. The Bertz CT molecular complexity index is 346. The summed E-state index contributed by atoms with van der Waals surface area (Å²) in [7, 11) is 0. The molecule has 0 amide bonds. The molecule has 1 aromatic heterocycles. The molecule has 2 aliphatic rings. The van der Waals surface area contributed by atoms with E-state index in [0.29, 0.717) is 6.04 Å². The summed E-state index contributed by atoms with van der Waals surface area (Å²) in [6.07, 6.45) is 10.3. The zero-order chi connectivity index (χ0) is 12.2. The number of aromatic nitrogens is 1. The summed E-state index contributed by atoms with van der Waals surface area (Å²) in [5, 5.41) is 7.48. The van der Waals surface area contributed by atoms with Crippen LogP contribution < -0.4 is 10.6 Å². The number of nitrogens with zero attached hydrogens (tertiary/aromatic N) is 1. The third-order valence-electron chi connectivity index (χ3n) is 4.46. The number of thiazole rings is 1. The molecule has 4 heteroatoms. The fourth-order valence-corrected chi connectivity index (χ4v) is 4.08. The van der Waals surface area contributed by atoms with Gasteiger partial charge in [0.05, 0.1) is 5.51 Å². The molecule has 2 heterocycles. The second-order valence-corrected chi connectivity index (χ2v) is 6.58. The molecule has 1 aliphatic carbocycles. The quantitative estimate of drug-likeness (QED) is 0.878. The average Bonchev–Trinajstić information content (AvgIpc) is 3.10. The third kappa shape index (κ3) is 2.92. The molecule has 1 aromatic rings. The summed E-state index contributed by atoms with van der Waals surface area (Å²) in [6, 6.07) is 1.47. The lowest BCUT2D eigenvalue weighted by atomic mass is 9.79. The lowest BCUT2D eigenvalue weighted by Crippen LogP contribution is -2.46. The molecule has 3 nitrogen and oxygen atoms in total. The van der Waals surface area contributed by atoms with Crippen LogP contribution in [0.15, 0.2) is 11.7 Å². The molecule has 100 valence electrons. The Labute approximate surface area is 113 Å². The number of nitrogens with one attached hydrogen (secondary N) is 2. The third-order valence-corrected chi connectivity index (χ3v) is 5.24. The smallest absolute Gasteiger partial charge is 0.0794 e. The highest BCUT2D eigenvalue weighted by atomic mass is 32.1. The molecule has 2 fully saturated rings. The first-order chi connectivity index (χ1) is 8.93. The van der Waals surface area contributed by atoms with Crippen LogP contribution in [0.1, 0.15) is 43.4 Å². The van der Waals surface area contributed by atoms with E-state index in [0.717, 1.165) is 18.5 Å². The predicted octanol–water partition coefficient (Wildman–Crippen LogP) is 2.54. The normalized spacial score (nSPS) is 32.8. The van der Waals surface area contributed by atoms with E-state index in [-0.39, 0.29) is 0 Å². The van der Waals surface area contributed by atoms with Gasteiger partial charge in [-0.25, -0.2) is 0 Å². The summed E-state index contributed by atoms with van der Waals surface area (Å²) in [5.74, 6) is 0.842. The van der Waals surface area contributed by atoms with Crippen LogP contribution in [-0.2, 0) is 6.54 Å². The first kappa shape index (κ1) is 12.6. The number of rotatable bonds is 4. The molecule has 0 spiro atoms. The summed E-state index contributed by atoms with van der Waals surface area (Å²) < 4.78 is 0. The van der Waals surface area contributed by atoms with E-state index in [9.17, 15) is 0 Å². The van der Waals surface area contributed by atoms with Gasteiger partial charge in [0, 0.05) is 29.7 Å². The molecule has 3 unspecified atom stereocenters. The second-order valence-electron chi connectivity index (χ2n) is 5.61. The van der Waals surface area contributed by atoms with Gasteiger partial charge < -0.3 is 10.6 Å². The fourth-order valence-electron chi connectivity index (χ4n) is 3.53. The highest BCUT2D eigenvalue weighted by Gasteiger charge is 2.32. The lowest BCUT2D eigenvalue weighted by Gasteiger charge is -2.36. The van der Waals surface area contributed by atoms with Gasteiger partial charge in [0.1, 0.15) is 0 Å². The van der Waals surface area contributed by atoms with E-state index in [1.54, 1.807) is 11.3 Å². The van der Waals surface area contributed by atoms with Crippen molar-refractivity contribution in [3.8, 4) is 0 Å². The lowest BCUT2D eigenvalue weighted by molar-refractivity contribution is 0.214. The molecule has 0 bridgehead atoms. The van der Waals surface area contributed by atoms with Crippen molar-refractivity contribution in [2.45, 2.75) is 57.2 Å². The Kier molecular flexibility index (Phi) is 4.28. The summed E-state index contributed by atoms with van der Waals surface area (Å²) in [5.41, 5.74) is 1.92. The maximum Gasteiger partial charge on any atom is 0.0794 e. The van der Waals surface area contributed by atoms with E-state index < -0.39 is 0 Å². The van der Waals surface area contributed by atoms with E-state index in [1.807, 2.05) is 11.7 Å². The molecule has 0 aromatic carbocycles. The van der Waals surface area contributed by atoms with E-state index >= 15 is 0 Å². The fraction of sp³-hybridized carbons (Fsp3) is 0.786. The van der Waals surface area contributed by atoms with Gasteiger partial charge in [0.2, 0.25) is 0 Å². The van der Waals surface area contributed by atoms with Crippen molar-refractivity contribution in [3.05, 3.63) is 16.6 Å². The molecule has 18 heavy (non-hydrogen) atoms. The molecule has 3 atom stereocenters. The van der Waals surface area contributed by atoms with Gasteiger partial charge in [-0.15, -0.1) is 11.3 Å². The van der Waals surface area contributed by atoms with E-state index in [2.05, 4.69) is 15.6 Å². The molecule has 3 rings (SSSR count). The summed E-state index contributed by atoms with van der Waals surface area (Å²) in [4.78, 5) is 5.51. The van der Waals surface area contributed by atoms with Gasteiger partial charge in [0.25, 0.3) is 0 Å². The minimum atomic E-state index is 0.705. The minimum absolute atomic E-state index is 0.705. The van der Waals surface area contributed by atoms with Crippen LogP contribution >= 0.6 is 11.3 Å². The predicted molar refractivity (Wildman–Crippen MR) is 75.7 cm³/mol. The van der Waals surface area contributed by atoms with Gasteiger partial charge in [0.15, 0.2) is 0 Å². The maximum atomic E-state index is 4.15. The molecular formula is C14H23N3S. The average molecular weight is 265 g/mol. The Morgan fingerprint density at radius 3 is 3.00 bits per heavy atom. The summed E-state index contributed by atoms with van der Waals surface area (Å²) >= 11 is 1.76. The van der Waals surface area contributed by atoms with Crippen LogP contribution in [0.3, 0.4) is 0 Å². The molecule has 1 saturated heterocycles. The van der Waals surface area contributed by atoms with Crippen molar-refractivity contribution in [3.63, 3.8) is 0 Å². The molecule has 1 aliphatic heterocycles. The Morgan fingerprint density at radius 2 is 2.22 bits per heavy atom. The van der Waals surface area contributed by atoms with Gasteiger partial charge in [-0.3, -0.25) is 4.98 Å². The van der Waals surface area contributed by atoms with Gasteiger partial charge in [-0.2, -0.15) is 0 Å². The highest BCUT2D eigenvalue weighted by Crippen LogP contribution is 2.30. The van der Waals surface area contributed by atoms with Crippen LogP contribution in [0.5, 0.6) is 0 Å². The molecule has 2 N–H and O–H groups in total. The number of hydrogen-bond acceptors (Lipinski definition) is 4. The van der Waals surface area contributed by atoms with Crippen LogP contribution in [0.2, 0.25) is 0 Å². The van der Waals surface area contributed by atoms with Gasteiger partial charge in [-0.1, -0.05) is 12.8 Å². The van der Waals surface area contributed by atoms with Crippen molar-refractivity contribution < 1.29 is 0 Å². The Morgan fingerprint density at radius 1 is 1.28 bits per heavy atom. The molecule has 1 saturated carbocycles. The monoisotopic (exact) mass is 265 g/mol. The maximum absolute atomic E-state index is 4.15. The van der Waals surface area contributed by atoms with E-state index in [1.165, 1.54) is 49.9 Å². The van der Waals surface area contributed by atoms with Crippen molar-refractivity contribution in [1.29, 1.82) is 0 Å². The van der Waals surface area contributed by atoms with Crippen molar-refractivity contribution >= 4 is 11.3 Å². The van der Waals surface area contributed by atoms with Crippen LogP contribution in [0.4, 0.5) is 0 Å². The zero-order valence-corrected chi connectivity index (χ0v) is 11.7. The SMILES string of the molecule is c1ncc(CNC2CCCCC2C2CCCN2)s1. The Balaban J connectivity index is 1.57. The second kappa shape index (κ2) is 6.13.